The summed E-state index contributed by atoms with van der Waals surface area (Å²) in [6, 6.07) is 8.17. The maximum Gasteiger partial charge on any atom is 0.309 e. The molecule has 0 atom stereocenters. The van der Waals surface area contributed by atoms with Gasteiger partial charge >= 0.3 is 5.97 Å². The molecule has 1 heterocycles. The van der Waals surface area contributed by atoms with Gasteiger partial charge in [0.25, 0.3) is 0 Å². The van der Waals surface area contributed by atoms with E-state index in [0.717, 1.165) is 4.90 Å². The number of carboxylic acids is 1. The SMILES string of the molecule is Cn1cc(SCC(C)(C)C(=O)O)c2ccccc21. The third-order valence-electron chi connectivity index (χ3n) is 3.03. The highest BCUT2D eigenvalue weighted by molar-refractivity contribution is 7.99. The van der Waals surface area contributed by atoms with Crippen molar-refractivity contribution in [1.82, 2.24) is 4.57 Å². The van der Waals surface area contributed by atoms with Gasteiger partial charge in [0.2, 0.25) is 0 Å². The average Bonchev–Trinajstić information content (AvgIpc) is 2.65. The Morgan fingerprint density at radius 3 is 2.72 bits per heavy atom. The van der Waals surface area contributed by atoms with Crippen molar-refractivity contribution in [2.45, 2.75) is 18.7 Å². The molecule has 1 aromatic heterocycles. The molecule has 2 rings (SSSR count). The standard InChI is InChI=1S/C14H17NO2S/c1-14(2,13(16)17)9-18-12-8-15(3)11-7-5-4-6-10(11)12/h4-8H,9H2,1-3H3,(H,16,17). The van der Waals surface area contributed by atoms with Gasteiger partial charge in [-0.15, -0.1) is 11.8 Å². The van der Waals surface area contributed by atoms with Crippen molar-refractivity contribution in [3.8, 4) is 0 Å². The molecule has 96 valence electrons. The molecular weight excluding hydrogens is 246 g/mol. The number of aliphatic carboxylic acids is 1. The summed E-state index contributed by atoms with van der Waals surface area (Å²) < 4.78 is 2.07. The maximum atomic E-state index is 11.1. The number of hydrogen-bond acceptors (Lipinski definition) is 2. The van der Waals surface area contributed by atoms with Crippen molar-refractivity contribution in [3.63, 3.8) is 0 Å². The van der Waals surface area contributed by atoms with Gasteiger partial charge in [0, 0.05) is 34.8 Å². The Hall–Kier alpha value is -1.42. The van der Waals surface area contributed by atoms with Crippen LogP contribution in [0.1, 0.15) is 13.8 Å². The van der Waals surface area contributed by atoms with E-state index in [1.54, 1.807) is 25.6 Å². The summed E-state index contributed by atoms with van der Waals surface area (Å²) >= 11 is 1.60. The number of nitrogens with zero attached hydrogens (tertiary/aromatic N) is 1. The lowest BCUT2D eigenvalue weighted by Crippen LogP contribution is -2.26. The zero-order valence-electron chi connectivity index (χ0n) is 10.8. The molecule has 0 saturated heterocycles. The predicted molar refractivity (Wildman–Crippen MR) is 75.1 cm³/mol. The maximum absolute atomic E-state index is 11.1. The molecule has 0 aliphatic rings. The van der Waals surface area contributed by atoms with E-state index >= 15 is 0 Å². The fourth-order valence-electron chi connectivity index (χ4n) is 1.74. The number of thioether (sulfide) groups is 1. The van der Waals surface area contributed by atoms with Crippen LogP contribution < -0.4 is 0 Å². The molecule has 0 saturated carbocycles. The number of rotatable bonds is 4. The molecule has 0 radical (unpaired) electrons. The average molecular weight is 263 g/mol. The van der Waals surface area contributed by atoms with Crippen LogP contribution in [0, 0.1) is 5.41 Å². The second-order valence-corrected chi connectivity index (χ2v) is 6.12. The molecule has 0 fully saturated rings. The van der Waals surface area contributed by atoms with Crippen molar-refractivity contribution in [2.24, 2.45) is 12.5 Å². The molecular formula is C14H17NO2S. The van der Waals surface area contributed by atoms with E-state index in [0.29, 0.717) is 5.75 Å². The number of benzene rings is 1. The van der Waals surface area contributed by atoms with Gasteiger partial charge in [-0.2, -0.15) is 0 Å². The van der Waals surface area contributed by atoms with Crippen molar-refractivity contribution in [3.05, 3.63) is 30.5 Å². The smallest absolute Gasteiger partial charge is 0.309 e. The van der Waals surface area contributed by atoms with E-state index in [1.165, 1.54) is 10.9 Å². The molecule has 3 nitrogen and oxygen atoms in total. The van der Waals surface area contributed by atoms with Gasteiger partial charge in [-0.1, -0.05) is 18.2 Å². The number of fused-ring (bicyclic) bond motifs is 1. The van der Waals surface area contributed by atoms with E-state index < -0.39 is 11.4 Å². The van der Waals surface area contributed by atoms with Gasteiger partial charge in [0.15, 0.2) is 0 Å². The largest absolute Gasteiger partial charge is 0.481 e. The molecule has 18 heavy (non-hydrogen) atoms. The summed E-state index contributed by atoms with van der Waals surface area (Å²) in [6.45, 7) is 3.51. The number of carbonyl (C=O) groups is 1. The minimum Gasteiger partial charge on any atom is -0.481 e. The van der Waals surface area contributed by atoms with Crippen molar-refractivity contribution in [2.75, 3.05) is 5.75 Å². The summed E-state index contributed by atoms with van der Waals surface area (Å²) in [6.07, 6.45) is 2.06. The van der Waals surface area contributed by atoms with Crippen LogP contribution >= 0.6 is 11.8 Å². The molecule has 0 bridgehead atoms. The second-order valence-electron chi connectivity index (χ2n) is 5.10. The van der Waals surface area contributed by atoms with Crippen LogP contribution in [0.4, 0.5) is 0 Å². The Morgan fingerprint density at radius 2 is 2.06 bits per heavy atom. The number of para-hydroxylation sites is 1. The zero-order chi connectivity index (χ0) is 13.3. The Balaban J connectivity index is 2.25. The van der Waals surface area contributed by atoms with Gasteiger partial charge in [0.05, 0.1) is 5.41 Å². The van der Waals surface area contributed by atoms with E-state index in [-0.39, 0.29) is 0 Å². The highest BCUT2D eigenvalue weighted by atomic mass is 32.2. The highest BCUT2D eigenvalue weighted by Gasteiger charge is 2.27. The minimum absolute atomic E-state index is 0.566. The predicted octanol–water partition coefficient (Wildman–Crippen LogP) is 3.38. The lowest BCUT2D eigenvalue weighted by atomic mass is 9.97. The van der Waals surface area contributed by atoms with E-state index in [9.17, 15) is 4.79 Å². The molecule has 0 amide bonds. The number of aryl methyl sites for hydroxylation is 1. The summed E-state index contributed by atoms with van der Waals surface area (Å²) in [4.78, 5) is 12.2. The van der Waals surface area contributed by atoms with Crippen LogP contribution in [0.25, 0.3) is 10.9 Å². The summed E-state index contributed by atoms with van der Waals surface area (Å²) in [5.74, 6) is -0.189. The van der Waals surface area contributed by atoms with Gasteiger partial charge in [-0.25, -0.2) is 0 Å². The fourth-order valence-corrected chi connectivity index (χ4v) is 2.94. The first-order chi connectivity index (χ1) is 8.42. The van der Waals surface area contributed by atoms with E-state index in [1.807, 2.05) is 19.2 Å². The normalized spacial score (nSPS) is 11.9. The lowest BCUT2D eigenvalue weighted by molar-refractivity contribution is -0.145. The monoisotopic (exact) mass is 263 g/mol. The number of carboxylic acid groups (broad SMARTS) is 1. The second kappa shape index (κ2) is 4.69. The molecule has 0 unspecified atom stereocenters. The van der Waals surface area contributed by atoms with E-state index in [4.69, 9.17) is 5.11 Å². The van der Waals surface area contributed by atoms with Crippen molar-refractivity contribution in [1.29, 1.82) is 0 Å². The van der Waals surface area contributed by atoms with Crippen LogP contribution in [0.15, 0.2) is 35.4 Å². The van der Waals surface area contributed by atoms with Crippen LogP contribution in [0.5, 0.6) is 0 Å². The topological polar surface area (TPSA) is 42.2 Å². The Morgan fingerprint density at radius 1 is 1.39 bits per heavy atom. The van der Waals surface area contributed by atoms with Crippen LogP contribution in [-0.4, -0.2) is 21.4 Å². The van der Waals surface area contributed by atoms with Gasteiger partial charge in [-0.3, -0.25) is 4.79 Å². The summed E-state index contributed by atoms with van der Waals surface area (Å²) in [7, 11) is 2.01. The molecule has 4 heteroatoms. The zero-order valence-corrected chi connectivity index (χ0v) is 11.6. The van der Waals surface area contributed by atoms with Crippen LogP contribution in [-0.2, 0) is 11.8 Å². The Kier molecular flexibility index (Phi) is 3.39. The minimum atomic E-state index is -0.754. The third kappa shape index (κ3) is 2.38. The number of hydrogen-bond donors (Lipinski definition) is 1. The summed E-state index contributed by atoms with van der Waals surface area (Å²) in [5.41, 5.74) is 0.467. The van der Waals surface area contributed by atoms with Crippen molar-refractivity contribution < 1.29 is 9.90 Å². The highest BCUT2D eigenvalue weighted by Crippen LogP contribution is 2.33. The first-order valence-corrected chi connectivity index (χ1v) is 6.80. The first kappa shape index (κ1) is 13.0. The first-order valence-electron chi connectivity index (χ1n) is 5.82. The third-order valence-corrected chi connectivity index (χ3v) is 4.53. The van der Waals surface area contributed by atoms with Gasteiger partial charge in [-0.05, 0) is 19.9 Å². The molecule has 1 N–H and O–H groups in total. The molecule has 1 aromatic carbocycles. The molecule has 2 aromatic rings. The quantitative estimate of drug-likeness (QED) is 0.860. The fraction of sp³-hybridized carbons (Fsp3) is 0.357. The van der Waals surface area contributed by atoms with Gasteiger partial charge < -0.3 is 9.67 Å². The molecule has 0 spiro atoms. The molecule has 0 aliphatic heterocycles. The van der Waals surface area contributed by atoms with Gasteiger partial charge in [0.1, 0.15) is 0 Å². The summed E-state index contributed by atoms with van der Waals surface area (Å²) in [5, 5.41) is 10.3. The van der Waals surface area contributed by atoms with E-state index in [2.05, 4.69) is 22.9 Å². The molecule has 0 aliphatic carbocycles. The van der Waals surface area contributed by atoms with Crippen LogP contribution in [0.3, 0.4) is 0 Å². The Labute approximate surface area is 111 Å². The van der Waals surface area contributed by atoms with Crippen LogP contribution in [0.2, 0.25) is 0 Å². The Bertz CT molecular complexity index is 586. The lowest BCUT2D eigenvalue weighted by Gasteiger charge is -2.17. The number of aromatic nitrogens is 1. The van der Waals surface area contributed by atoms with Crippen molar-refractivity contribution >= 4 is 28.6 Å².